The maximum absolute atomic E-state index is 15.0. The Morgan fingerprint density at radius 2 is 1.46 bits per heavy atom. The summed E-state index contributed by atoms with van der Waals surface area (Å²) in [6.07, 6.45) is 0. The van der Waals surface area contributed by atoms with E-state index in [0.717, 1.165) is 48.5 Å². The number of amides is 1. The van der Waals surface area contributed by atoms with Gasteiger partial charge in [-0.15, -0.1) is 0 Å². The average Bonchev–Trinajstić information content (AvgIpc) is 3.08. The number of hydrogen-bond donors (Lipinski definition) is 2. The quantitative estimate of drug-likeness (QED) is 0.193. The van der Waals surface area contributed by atoms with Crippen LogP contribution < -0.4 is 30.0 Å². The van der Waals surface area contributed by atoms with Crippen LogP contribution in [0.3, 0.4) is 0 Å². The number of pyridine rings is 1. The third-order valence-electron chi connectivity index (χ3n) is 9.33. The molecular weight excluding hydrogens is 607 g/mol. The molecule has 2 aliphatic heterocycles. The summed E-state index contributed by atoms with van der Waals surface area (Å²) in [6, 6.07) is 24.5. The maximum Gasteiger partial charge on any atom is 0.255 e. The lowest BCUT2D eigenvalue weighted by atomic mass is 9.92. The Morgan fingerprint density at radius 3 is 2.17 bits per heavy atom. The Kier molecular flexibility index (Phi) is 9.05. The van der Waals surface area contributed by atoms with Crippen molar-refractivity contribution in [2.24, 2.45) is 0 Å². The predicted molar refractivity (Wildman–Crippen MR) is 191 cm³/mol. The molecule has 2 aliphatic rings. The van der Waals surface area contributed by atoms with E-state index in [1.807, 2.05) is 50.2 Å². The molecule has 0 fully saturated rings. The summed E-state index contributed by atoms with van der Waals surface area (Å²) in [7, 11) is 0. The summed E-state index contributed by atoms with van der Waals surface area (Å²) in [5.74, 6) is 0.479. The minimum Gasteiger partial charge on any atom is -0.489 e. The summed E-state index contributed by atoms with van der Waals surface area (Å²) >= 11 is 0. The minimum atomic E-state index is -0.798. The van der Waals surface area contributed by atoms with Crippen molar-refractivity contribution in [3.63, 3.8) is 0 Å². The van der Waals surface area contributed by atoms with Gasteiger partial charge in [-0.2, -0.15) is 0 Å². The van der Waals surface area contributed by atoms with Gasteiger partial charge < -0.3 is 29.6 Å². The molecular formula is C39H43FN4O4. The summed E-state index contributed by atoms with van der Waals surface area (Å²) < 4.78 is 26.6. The molecule has 1 amide bonds. The number of likely N-dealkylation sites (N-methyl/N-ethyl adjacent to an activating group) is 2. The van der Waals surface area contributed by atoms with Gasteiger partial charge in [-0.05, 0) is 95.6 Å². The van der Waals surface area contributed by atoms with Crippen LogP contribution >= 0.6 is 0 Å². The number of fused-ring (bicyclic) bond motifs is 4. The first-order valence-corrected chi connectivity index (χ1v) is 16.6. The zero-order valence-corrected chi connectivity index (χ0v) is 28.4. The number of aromatic nitrogens is 1. The molecule has 0 saturated carbocycles. The minimum absolute atomic E-state index is 0.128. The van der Waals surface area contributed by atoms with Crippen molar-refractivity contribution in [2.75, 3.05) is 36.1 Å². The van der Waals surface area contributed by atoms with E-state index in [9.17, 15) is 9.59 Å². The highest BCUT2D eigenvalue weighted by Crippen LogP contribution is 2.37. The molecule has 0 aliphatic carbocycles. The standard InChI is InChI=1S/C28H28FN3O3.C11H15NO/c1-5-32-16(2)15-35-25-12-17(10-11-24(25)32)28(3,4)31-27(34)19-14-23-20(13-21(19)29)26(33)18-8-6-7-9-22(18)30-23;1-3-12-9(2)8-13-11-7-5-4-6-10(11)12/h6-14,16H,5,15H2,1-4H3,(H,30,33)(H,31,34);4-7,9H,3,8H2,1-2H3. The normalized spacial score (nSPS) is 17.1. The number of halogens is 1. The van der Waals surface area contributed by atoms with Crippen LogP contribution in [0.2, 0.25) is 0 Å². The molecule has 2 N–H and O–H groups in total. The second-order valence-corrected chi connectivity index (χ2v) is 13.0. The average molecular weight is 651 g/mol. The zero-order valence-electron chi connectivity index (χ0n) is 28.4. The number of anilines is 2. The van der Waals surface area contributed by atoms with E-state index >= 15 is 4.39 Å². The molecule has 2 unspecified atom stereocenters. The van der Waals surface area contributed by atoms with Gasteiger partial charge >= 0.3 is 0 Å². The van der Waals surface area contributed by atoms with Crippen LogP contribution in [-0.2, 0) is 5.54 Å². The zero-order chi connectivity index (χ0) is 34.2. The van der Waals surface area contributed by atoms with Crippen LogP contribution in [0.1, 0.15) is 57.5 Å². The summed E-state index contributed by atoms with van der Waals surface area (Å²) in [5.41, 5.74) is 2.94. The molecule has 0 bridgehead atoms. The van der Waals surface area contributed by atoms with Crippen LogP contribution in [0.5, 0.6) is 11.5 Å². The SMILES string of the molecule is CCN1c2ccc(C(C)(C)NC(=O)c3cc4[nH]c5ccccc5c(=O)c4cc3F)cc2OCC1C.CCN1c2ccccc2OCC1C. The number of carbonyl (C=O) groups excluding carboxylic acids is 1. The second kappa shape index (κ2) is 13.2. The van der Waals surface area contributed by atoms with E-state index in [1.54, 1.807) is 18.2 Å². The van der Waals surface area contributed by atoms with Gasteiger partial charge in [0.2, 0.25) is 0 Å². The molecule has 0 spiro atoms. The molecule has 7 rings (SSSR count). The van der Waals surface area contributed by atoms with Crippen molar-refractivity contribution < 1.29 is 18.7 Å². The topological polar surface area (TPSA) is 86.9 Å². The number of nitrogens with one attached hydrogen (secondary N) is 2. The van der Waals surface area contributed by atoms with E-state index in [-0.39, 0.29) is 22.4 Å². The fraction of sp³-hybridized carbons (Fsp3) is 0.333. The number of rotatable bonds is 5. The second-order valence-electron chi connectivity index (χ2n) is 13.0. The van der Waals surface area contributed by atoms with Crippen molar-refractivity contribution in [3.05, 3.63) is 106 Å². The fourth-order valence-electron chi connectivity index (χ4n) is 6.65. The third-order valence-corrected chi connectivity index (χ3v) is 9.33. The van der Waals surface area contributed by atoms with Crippen molar-refractivity contribution in [2.45, 2.75) is 59.2 Å². The molecule has 2 atom stereocenters. The smallest absolute Gasteiger partial charge is 0.255 e. The third kappa shape index (κ3) is 6.17. The van der Waals surface area contributed by atoms with E-state index < -0.39 is 17.3 Å². The van der Waals surface area contributed by atoms with Crippen molar-refractivity contribution in [3.8, 4) is 11.5 Å². The number of carbonyl (C=O) groups is 1. The van der Waals surface area contributed by atoms with Gasteiger partial charge in [-0.1, -0.05) is 30.3 Å². The van der Waals surface area contributed by atoms with Crippen molar-refractivity contribution >= 4 is 39.1 Å². The molecule has 48 heavy (non-hydrogen) atoms. The summed E-state index contributed by atoms with van der Waals surface area (Å²) in [5, 5.41) is 3.63. The van der Waals surface area contributed by atoms with Crippen LogP contribution in [0.25, 0.3) is 21.8 Å². The lowest BCUT2D eigenvalue weighted by molar-refractivity contribution is 0.0908. The number of nitrogens with zero attached hydrogens (tertiary/aromatic N) is 2. The highest BCUT2D eigenvalue weighted by molar-refractivity contribution is 6.00. The summed E-state index contributed by atoms with van der Waals surface area (Å²) in [6.45, 7) is 15.6. The Hall–Kier alpha value is -5.05. The van der Waals surface area contributed by atoms with Crippen molar-refractivity contribution in [1.82, 2.24) is 10.3 Å². The van der Waals surface area contributed by atoms with Gasteiger partial charge in [0, 0.05) is 29.4 Å². The lowest BCUT2D eigenvalue weighted by Crippen LogP contribution is -2.42. The number of hydrogen-bond acceptors (Lipinski definition) is 6. The monoisotopic (exact) mass is 650 g/mol. The molecule has 1 aromatic heterocycles. The van der Waals surface area contributed by atoms with Crippen LogP contribution in [0, 0.1) is 5.82 Å². The first-order chi connectivity index (χ1) is 23.0. The predicted octanol–water partition coefficient (Wildman–Crippen LogP) is 7.39. The molecule has 0 saturated heterocycles. The number of benzene rings is 4. The molecule has 4 aromatic carbocycles. The fourth-order valence-corrected chi connectivity index (χ4v) is 6.65. The Balaban J connectivity index is 0.000000257. The molecule has 250 valence electrons. The van der Waals surface area contributed by atoms with Crippen LogP contribution in [0.4, 0.5) is 15.8 Å². The largest absolute Gasteiger partial charge is 0.489 e. The Bertz CT molecular complexity index is 2040. The first kappa shape index (κ1) is 32.9. The molecule has 0 radical (unpaired) electrons. The van der Waals surface area contributed by atoms with E-state index in [2.05, 4.69) is 59.9 Å². The number of para-hydroxylation sites is 3. The Morgan fingerprint density at radius 1 is 0.833 bits per heavy atom. The van der Waals surface area contributed by atoms with Gasteiger partial charge in [-0.25, -0.2) is 4.39 Å². The molecule has 3 heterocycles. The van der Waals surface area contributed by atoms with Gasteiger partial charge in [-0.3, -0.25) is 9.59 Å². The molecule has 8 nitrogen and oxygen atoms in total. The van der Waals surface area contributed by atoms with Gasteiger partial charge in [0.25, 0.3) is 5.91 Å². The van der Waals surface area contributed by atoms with Crippen LogP contribution in [-0.4, -0.2) is 49.3 Å². The lowest BCUT2D eigenvalue weighted by Gasteiger charge is -2.37. The number of H-pyrrole nitrogens is 1. The van der Waals surface area contributed by atoms with Crippen LogP contribution in [0.15, 0.2) is 83.7 Å². The van der Waals surface area contributed by atoms with E-state index in [0.29, 0.717) is 29.1 Å². The van der Waals surface area contributed by atoms with Gasteiger partial charge in [0.1, 0.15) is 30.5 Å². The van der Waals surface area contributed by atoms with E-state index in [4.69, 9.17) is 9.47 Å². The Labute approximate surface area is 280 Å². The summed E-state index contributed by atoms with van der Waals surface area (Å²) in [4.78, 5) is 33.8. The van der Waals surface area contributed by atoms with Crippen molar-refractivity contribution in [1.29, 1.82) is 0 Å². The first-order valence-electron chi connectivity index (χ1n) is 16.6. The van der Waals surface area contributed by atoms with Gasteiger partial charge in [0.15, 0.2) is 5.43 Å². The molecule has 9 heteroatoms. The van der Waals surface area contributed by atoms with E-state index in [1.165, 1.54) is 11.8 Å². The van der Waals surface area contributed by atoms with Gasteiger partial charge in [0.05, 0.1) is 40.1 Å². The molecule has 5 aromatic rings. The maximum atomic E-state index is 15.0. The highest BCUT2D eigenvalue weighted by atomic mass is 19.1. The number of aromatic amines is 1. The number of ether oxygens (including phenoxy) is 2. The highest BCUT2D eigenvalue weighted by Gasteiger charge is 2.29.